The highest BCUT2D eigenvalue weighted by Crippen LogP contribution is 2.56. The first-order valence-electron chi connectivity index (χ1n) is 9.97. The van der Waals surface area contributed by atoms with Gasteiger partial charge in [-0.3, -0.25) is 14.5 Å². The molecule has 1 saturated heterocycles. The predicted molar refractivity (Wildman–Crippen MR) is 112 cm³/mol. The summed E-state index contributed by atoms with van der Waals surface area (Å²) in [6.45, 7) is 0. The number of hydrogen-bond donors (Lipinski definition) is 1. The molecule has 3 aromatic rings. The van der Waals surface area contributed by atoms with E-state index in [0.29, 0.717) is 30.4 Å². The average Bonchev–Trinajstić information content (AvgIpc) is 3.24. The molecule has 2 aliphatic heterocycles. The molecule has 1 saturated carbocycles. The van der Waals surface area contributed by atoms with Gasteiger partial charge in [-0.2, -0.15) is 0 Å². The number of amides is 2. The SMILES string of the molecule is O=C1CC[C@]2(C(=O)Nc3cccc(-c4nnnn4C4CC4)c3)Sc3ccccc3N12. The van der Waals surface area contributed by atoms with Gasteiger partial charge in [-0.05, 0) is 54.0 Å². The standard InChI is InChI=1S/C21H18N6O2S/c28-18-10-11-21(26(18)16-6-1-2-7-17(16)30-21)20(29)22-14-5-3-4-13(12-14)19-23-24-25-27(19)15-8-9-15/h1-7,12,15H,8-11H2,(H,22,29)/t21-/m1/s1. The van der Waals surface area contributed by atoms with Crippen LogP contribution in [-0.4, -0.2) is 36.9 Å². The lowest BCUT2D eigenvalue weighted by atomic mass is 10.1. The number of nitrogens with zero attached hydrogens (tertiary/aromatic N) is 5. The van der Waals surface area contributed by atoms with Crippen LogP contribution in [0.1, 0.15) is 31.7 Å². The van der Waals surface area contributed by atoms with Gasteiger partial charge in [-0.25, -0.2) is 4.68 Å². The fourth-order valence-electron chi connectivity index (χ4n) is 4.21. The van der Waals surface area contributed by atoms with Crippen LogP contribution < -0.4 is 10.2 Å². The van der Waals surface area contributed by atoms with Crippen molar-refractivity contribution in [1.29, 1.82) is 0 Å². The Morgan fingerprint density at radius 3 is 2.90 bits per heavy atom. The molecular weight excluding hydrogens is 400 g/mol. The monoisotopic (exact) mass is 418 g/mol. The van der Waals surface area contributed by atoms with Gasteiger partial charge in [0.25, 0.3) is 5.91 Å². The van der Waals surface area contributed by atoms with Crippen molar-refractivity contribution < 1.29 is 9.59 Å². The van der Waals surface area contributed by atoms with E-state index in [1.54, 1.807) is 4.90 Å². The van der Waals surface area contributed by atoms with Crippen molar-refractivity contribution >= 4 is 35.0 Å². The number of para-hydroxylation sites is 1. The first kappa shape index (κ1) is 17.6. The highest BCUT2D eigenvalue weighted by Gasteiger charge is 2.57. The second kappa shape index (κ2) is 6.40. The Labute approximate surface area is 176 Å². The zero-order valence-electron chi connectivity index (χ0n) is 16.0. The van der Waals surface area contributed by atoms with Crippen LogP contribution in [0, 0.1) is 0 Å². The number of tetrazole rings is 1. The maximum Gasteiger partial charge on any atom is 0.261 e. The van der Waals surface area contributed by atoms with Crippen molar-refractivity contribution in [2.45, 2.75) is 41.5 Å². The third kappa shape index (κ3) is 2.58. The first-order chi connectivity index (χ1) is 14.7. The summed E-state index contributed by atoms with van der Waals surface area (Å²) in [5.74, 6) is 0.500. The second-order valence-electron chi connectivity index (χ2n) is 7.80. The van der Waals surface area contributed by atoms with Crippen molar-refractivity contribution in [2.75, 3.05) is 10.2 Å². The van der Waals surface area contributed by atoms with Crippen LogP contribution >= 0.6 is 11.8 Å². The molecule has 3 heterocycles. The highest BCUT2D eigenvalue weighted by atomic mass is 32.2. The van der Waals surface area contributed by atoms with Gasteiger partial charge in [0.05, 0.1) is 11.7 Å². The zero-order valence-corrected chi connectivity index (χ0v) is 16.8. The predicted octanol–water partition coefficient (Wildman–Crippen LogP) is 3.24. The molecule has 1 aromatic heterocycles. The fraction of sp³-hybridized carbons (Fsp3) is 0.286. The summed E-state index contributed by atoms with van der Waals surface area (Å²) in [7, 11) is 0. The van der Waals surface area contributed by atoms with Crippen molar-refractivity contribution in [1.82, 2.24) is 20.2 Å². The minimum absolute atomic E-state index is 0.0139. The number of carbonyl (C=O) groups is 2. The molecule has 2 fully saturated rings. The molecule has 1 atom stereocenters. The Kier molecular flexibility index (Phi) is 3.76. The molecule has 2 amide bonds. The third-order valence-electron chi connectivity index (χ3n) is 5.79. The van der Waals surface area contributed by atoms with E-state index < -0.39 is 4.87 Å². The summed E-state index contributed by atoms with van der Waals surface area (Å²) >= 11 is 1.46. The number of fused-ring (bicyclic) bond motifs is 3. The van der Waals surface area contributed by atoms with Crippen molar-refractivity contribution in [3.63, 3.8) is 0 Å². The molecular formula is C21H18N6O2S. The van der Waals surface area contributed by atoms with Gasteiger partial charge in [-0.15, -0.1) is 5.10 Å². The Balaban J connectivity index is 1.31. The molecule has 0 bridgehead atoms. The van der Waals surface area contributed by atoms with E-state index in [4.69, 9.17) is 0 Å². The summed E-state index contributed by atoms with van der Waals surface area (Å²) in [4.78, 5) is 27.7. The number of aromatic nitrogens is 4. The second-order valence-corrected chi connectivity index (χ2v) is 9.12. The van der Waals surface area contributed by atoms with Crippen LogP contribution in [0.5, 0.6) is 0 Å². The number of hydrogen-bond acceptors (Lipinski definition) is 6. The zero-order chi connectivity index (χ0) is 20.3. The molecule has 1 N–H and O–H groups in total. The van der Waals surface area contributed by atoms with Gasteiger partial charge in [0.1, 0.15) is 0 Å². The van der Waals surface area contributed by atoms with Gasteiger partial charge in [0.2, 0.25) is 5.91 Å². The molecule has 150 valence electrons. The van der Waals surface area contributed by atoms with Crippen molar-refractivity contribution in [3.05, 3.63) is 48.5 Å². The molecule has 0 radical (unpaired) electrons. The topological polar surface area (TPSA) is 93.0 Å². The maximum atomic E-state index is 13.4. The molecule has 6 rings (SSSR count). The van der Waals surface area contributed by atoms with Crippen LogP contribution in [0.15, 0.2) is 53.4 Å². The van der Waals surface area contributed by atoms with E-state index in [1.165, 1.54) is 11.8 Å². The Morgan fingerprint density at radius 1 is 1.17 bits per heavy atom. The van der Waals surface area contributed by atoms with E-state index in [-0.39, 0.29) is 11.8 Å². The summed E-state index contributed by atoms with van der Waals surface area (Å²) in [5.41, 5.74) is 2.33. The van der Waals surface area contributed by atoms with E-state index in [1.807, 2.05) is 53.2 Å². The molecule has 0 unspecified atom stereocenters. The molecule has 2 aromatic carbocycles. The largest absolute Gasteiger partial charge is 0.323 e. The molecule has 3 aliphatic rings. The first-order valence-corrected chi connectivity index (χ1v) is 10.8. The summed E-state index contributed by atoms with van der Waals surface area (Å²) in [6.07, 6.45) is 3.01. The summed E-state index contributed by atoms with van der Waals surface area (Å²) in [5, 5.41) is 15.1. The average molecular weight is 418 g/mol. The summed E-state index contributed by atoms with van der Waals surface area (Å²) in [6, 6.07) is 15.6. The van der Waals surface area contributed by atoms with Gasteiger partial charge in [0.15, 0.2) is 10.7 Å². The minimum Gasteiger partial charge on any atom is -0.323 e. The van der Waals surface area contributed by atoms with E-state index in [2.05, 4.69) is 20.8 Å². The van der Waals surface area contributed by atoms with Crippen LogP contribution in [-0.2, 0) is 9.59 Å². The molecule has 8 nitrogen and oxygen atoms in total. The summed E-state index contributed by atoms with van der Waals surface area (Å²) < 4.78 is 1.85. The number of carbonyl (C=O) groups excluding carboxylic acids is 2. The Hall–Kier alpha value is -3.20. The number of benzene rings is 2. The lowest BCUT2D eigenvalue weighted by Gasteiger charge is -2.29. The van der Waals surface area contributed by atoms with E-state index >= 15 is 0 Å². The number of thioether (sulfide) groups is 1. The van der Waals surface area contributed by atoms with E-state index in [9.17, 15) is 9.59 Å². The van der Waals surface area contributed by atoms with Crippen LogP contribution in [0.3, 0.4) is 0 Å². The minimum atomic E-state index is -0.938. The number of rotatable bonds is 4. The lowest BCUT2D eigenvalue weighted by molar-refractivity contribution is -0.121. The van der Waals surface area contributed by atoms with Crippen molar-refractivity contribution in [3.8, 4) is 11.4 Å². The van der Waals surface area contributed by atoms with Gasteiger partial charge >= 0.3 is 0 Å². The van der Waals surface area contributed by atoms with Gasteiger partial charge < -0.3 is 5.32 Å². The number of nitrogens with one attached hydrogen (secondary N) is 1. The molecule has 9 heteroatoms. The fourth-order valence-corrected chi connectivity index (χ4v) is 5.63. The van der Waals surface area contributed by atoms with Crippen LogP contribution in [0.25, 0.3) is 11.4 Å². The molecule has 0 spiro atoms. The quantitative estimate of drug-likeness (QED) is 0.699. The Bertz CT molecular complexity index is 1190. The highest BCUT2D eigenvalue weighted by molar-refractivity contribution is 8.02. The lowest BCUT2D eigenvalue weighted by Crippen LogP contribution is -2.49. The smallest absolute Gasteiger partial charge is 0.261 e. The van der Waals surface area contributed by atoms with Crippen LogP contribution in [0.2, 0.25) is 0 Å². The molecule has 30 heavy (non-hydrogen) atoms. The van der Waals surface area contributed by atoms with Gasteiger partial charge in [0, 0.05) is 22.6 Å². The normalized spacial score (nSPS) is 22.1. The molecule has 1 aliphatic carbocycles. The Morgan fingerprint density at radius 2 is 2.03 bits per heavy atom. The van der Waals surface area contributed by atoms with Crippen molar-refractivity contribution in [2.24, 2.45) is 0 Å². The van der Waals surface area contributed by atoms with Crippen LogP contribution in [0.4, 0.5) is 11.4 Å². The van der Waals surface area contributed by atoms with Gasteiger partial charge in [-0.1, -0.05) is 36.0 Å². The maximum absolute atomic E-state index is 13.4. The van der Waals surface area contributed by atoms with E-state index in [0.717, 1.165) is 29.0 Å². The number of anilines is 2. The third-order valence-corrected chi connectivity index (χ3v) is 7.27.